The van der Waals surface area contributed by atoms with Crippen molar-refractivity contribution in [2.75, 3.05) is 18.0 Å². The van der Waals surface area contributed by atoms with Gasteiger partial charge < -0.3 is 10.6 Å². The number of piperidine rings is 1. The third-order valence-electron chi connectivity index (χ3n) is 4.16. The molecule has 1 fully saturated rings. The Morgan fingerprint density at radius 2 is 2.06 bits per heavy atom. The maximum atomic E-state index is 6.09. The van der Waals surface area contributed by atoms with Gasteiger partial charge in [0.2, 0.25) is 0 Å². The highest BCUT2D eigenvalue weighted by Gasteiger charge is 2.24. The number of nitrogens with zero attached hydrogens (tertiary/aromatic N) is 1. The van der Waals surface area contributed by atoms with E-state index < -0.39 is 0 Å². The second-order valence-corrected chi connectivity index (χ2v) is 6.60. The lowest BCUT2D eigenvalue weighted by atomic mass is 9.88. The summed E-state index contributed by atoms with van der Waals surface area (Å²) >= 11 is 3.57. The smallest absolute Gasteiger partial charge is 0.0425 e. The second-order valence-electron chi connectivity index (χ2n) is 5.68. The Morgan fingerprint density at radius 3 is 2.67 bits per heavy atom. The summed E-state index contributed by atoms with van der Waals surface area (Å²) in [6, 6.07) is 6.52. The molecule has 0 saturated carbocycles. The van der Waals surface area contributed by atoms with Gasteiger partial charge in [0.1, 0.15) is 0 Å². The third kappa shape index (κ3) is 2.89. The largest absolute Gasteiger partial charge is 0.371 e. The van der Waals surface area contributed by atoms with Crippen molar-refractivity contribution in [1.82, 2.24) is 0 Å². The summed E-state index contributed by atoms with van der Waals surface area (Å²) in [4.78, 5) is 2.49. The van der Waals surface area contributed by atoms with E-state index in [1.54, 1.807) is 0 Å². The lowest BCUT2D eigenvalue weighted by Crippen LogP contribution is -2.39. The summed E-state index contributed by atoms with van der Waals surface area (Å²) in [5.41, 5.74) is 8.65. The Balaban J connectivity index is 2.29. The maximum absolute atomic E-state index is 6.09. The van der Waals surface area contributed by atoms with Crippen molar-refractivity contribution in [2.24, 2.45) is 17.6 Å². The molecule has 1 aliphatic heterocycles. The van der Waals surface area contributed by atoms with Crippen LogP contribution in [-0.2, 0) is 0 Å². The van der Waals surface area contributed by atoms with Gasteiger partial charge >= 0.3 is 0 Å². The molecule has 1 saturated heterocycles. The van der Waals surface area contributed by atoms with Crippen LogP contribution in [0.15, 0.2) is 22.7 Å². The van der Waals surface area contributed by atoms with E-state index in [-0.39, 0.29) is 6.04 Å². The van der Waals surface area contributed by atoms with Crippen LogP contribution in [0, 0.1) is 11.8 Å². The van der Waals surface area contributed by atoms with Crippen molar-refractivity contribution >= 4 is 21.6 Å². The van der Waals surface area contributed by atoms with E-state index in [4.69, 9.17) is 5.73 Å². The minimum atomic E-state index is 0.0859. The maximum Gasteiger partial charge on any atom is 0.0425 e. The van der Waals surface area contributed by atoms with E-state index in [9.17, 15) is 0 Å². The molecular weight excluding hydrogens is 288 g/mol. The molecule has 0 bridgehead atoms. The summed E-state index contributed by atoms with van der Waals surface area (Å²) in [5, 5.41) is 0. The first kappa shape index (κ1) is 13.9. The highest BCUT2D eigenvalue weighted by atomic mass is 79.9. The first-order chi connectivity index (χ1) is 8.49. The van der Waals surface area contributed by atoms with Gasteiger partial charge in [-0.2, -0.15) is 0 Å². The number of rotatable bonds is 2. The average molecular weight is 311 g/mol. The van der Waals surface area contributed by atoms with Crippen LogP contribution in [0.25, 0.3) is 0 Å². The Kier molecular flexibility index (Phi) is 4.33. The molecule has 18 heavy (non-hydrogen) atoms. The van der Waals surface area contributed by atoms with Gasteiger partial charge in [0.15, 0.2) is 0 Å². The summed E-state index contributed by atoms with van der Waals surface area (Å²) in [5.74, 6) is 1.57. The van der Waals surface area contributed by atoms with E-state index in [1.807, 2.05) is 0 Å². The predicted molar refractivity (Wildman–Crippen MR) is 81.9 cm³/mol. The molecule has 3 heteroatoms. The molecule has 0 aliphatic carbocycles. The zero-order valence-electron chi connectivity index (χ0n) is 11.5. The molecule has 0 spiro atoms. The van der Waals surface area contributed by atoms with Crippen LogP contribution < -0.4 is 10.6 Å². The van der Waals surface area contributed by atoms with Gasteiger partial charge in [-0.05, 0) is 42.9 Å². The summed E-state index contributed by atoms with van der Waals surface area (Å²) in [6.07, 6.45) is 1.27. The molecule has 0 radical (unpaired) electrons. The Labute approximate surface area is 119 Å². The number of anilines is 1. The van der Waals surface area contributed by atoms with Crippen molar-refractivity contribution in [1.29, 1.82) is 0 Å². The summed E-state index contributed by atoms with van der Waals surface area (Å²) in [7, 11) is 0. The minimum absolute atomic E-state index is 0.0859. The molecule has 1 aliphatic rings. The van der Waals surface area contributed by atoms with E-state index in [0.717, 1.165) is 29.4 Å². The number of benzene rings is 1. The molecule has 1 aromatic rings. The molecule has 3 atom stereocenters. The number of halogens is 1. The van der Waals surface area contributed by atoms with Gasteiger partial charge in [-0.25, -0.2) is 0 Å². The van der Waals surface area contributed by atoms with Crippen LogP contribution in [0.5, 0.6) is 0 Å². The molecule has 2 N–H and O–H groups in total. The van der Waals surface area contributed by atoms with Crippen molar-refractivity contribution in [3.63, 3.8) is 0 Å². The van der Waals surface area contributed by atoms with Crippen LogP contribution in [0.3, 0.4) is 0 Å². The normalized spacial score (nSPS) is 26.2. The molecule has 2 nitrogen and oxygen atoms in total. The molecule has 1 heterocycles. The third-order valence-corrected chi connectivity index (χ3v) is 4.65. The lowest BCUT2D eigenvalue weighted by molar-refractivity contribution is 0.323. The fourth-order valence-corrected chi connectivity index (χ4v) is 3.01. The van der Waals surface area contributed by atoms with Gasteiger partial charge in [0.05, 0.1) is 0 Å². The SMILES string of the molecule is CC(N)c1ccc(Br)cc1N1CCC(C)C(C)C1. The molecule has 0 aromatic heterocycles. The van der Waals surface area contributed by atoms with Gasteiger partial charge in [-0.1, -0.05) is 35.8 Å². The second kappa shape index (κ2) is 5.62. The predicted octanol–water partition coefficient (Wildman–Crippen LogP) is 3.95. The van der Waals surface area contributed by atoms with Crippen LogP contribution >= 0.6 is 15.9 Å². The van der Waals surface area contributed by atoms with Crippen molar-refractivity contribution in [3.8, 4) is 0 Å². The molecule has 100 valence electrons. The fraction of sp³-hybridized carbons (Fsp3) is 0.600. The van der Waals surface area contributed by atoms with Gasteiger partial charge in [0.25, 0.3) is 0 Å². The zero-order valence-corrected chi connectivity index (χ0v) is 13.1. The van der Waals surface area contributed by atoms with Gasteiger partial charge in [-0.15, -0.1) is 0 Å². The van der Waals surface area contributed by atoms with Crippen LogP contribution in [-0.4, -0.2) is 13.1 Å². The Bertz CT molecular complexity index is 417. The molecule has 3 unspecified atom stereocenters. The molecular formula is C15H23BrN2. The van der Waals surface area contributed by atoms with Crippen LogP contribution in [0.2, 0.25) is 0 Å². The van der Waals surface area contributed by atoms with Gasteiger partial charge in [-0.3, -0.25) is 0 Å². The van der Waals surface area contributed by atoms with E-state index >= 15 is 0 Å². The fourth-order valence-electron chi connectivity index (χ4n) is 2.66. The average Bonchev–Trinajstić information content (AvgIpc) is 2.32. The standard InChI is InChI=1S/C15H23BrN2/c1-10-6-7-18(9-11(10)2)15-8-13(16)4-5-14(15)12(3)17/h4-5,8,10-12H,6-7,9,17H2,1-3H3. The Hall–Kier alpha value is -0.540. The minimum Gasteiger partial charge on any atom is -0.371 e. The topological polar surface area (TPSA) is 29.3 Å². The highest BCUT2D eigenvalue weighted by molar-refractivity contribution is 9.10. The quantitative estimate of drug-likeness (QED) is 0.896. The number of hydrogen-bond acceptors (Lipinski definition) is 2. The van der Waals surface area contributed by atoms with E-state index in [2.05, 4.69) is 59.8 Å². The molecule has 1 aromatic carbocycles. The van der Waals surface area contributed by atoms with Gasteiger partial charge in [0, 0.05) is 29.3 Å². The first-order valence-corrected chi connectivity index (χ1v) is 7.58. The Morgan fingerprint density at radius 1 is 1.33 bits per heavy atom. The summed E-state index contributed by atoms with van der Waals surface area (Å²) < 4.78 is 1.13. The molecule has 0 amide bonds. The zero-order chi connectivity index (χ0) is 13.3. The van der Waals surface area contributed by atoms with Crippen LogP contribution in [0.1, 0.15) is 38.8 Å². The highest BCUT2D eigenvalue weighted by Crippen LogP contribution is 2.33. The molecule has 2 rings (SSSR count). The van der Waals surface area contributed by atoms with Crippen molar-refractivity contribution in [2.45, 2.75) is 33.2 Å². The number of hydrogen-bond donors (Lipinski definition) is 1. The monoisotopic (exact) mass is 310 g/mol. The summed E-state index contributed by atoms with van der Waals surface area (Å²) in [6.45, 7) is 9.04. The van der Waals surface area contributed by atoms with Crippen molar-refractivity contribution in [3.05, 3.63) is 28.2 Å². The van der Waals surface area contributed by atoms with Crippen molar-refractivity contribution < 1.29 is 0 Å². The van der Waals surface area contributed by atoms with E-state index in [0.29, 0.717) is 0 Å². The lowest BCUT2D eigenvalue weighted by Gasteiger charge is -2.38. The van der Waals surface area contributed by atoms with Crippen LogP contribution in [0.4, 0.5) is 5.69 Å². The first-order valence-electron chi connectivity index (χ1n) is 6.79. The van der Waals surface area contributed by atoms with E-state index in [1.165, 1.54) is 17.7 Å². The number of nitrogens with two attached hydrogens (primary N) is 1.